The average Bonchev–Trinajstić information content (AvgIpc) is 3.12. The normalized spacial score (nSPS) is 15.8. The molecule has 2 aromatic carbocycles. The molecule has 1 aromatic heterocycles. The Morgan fingerprint density at radius 2 is 1.93 bits per heavy atom. The molecule has 0 aliphatic carbocycles. The van der Waals surface area contributed by atoms with Crippen LogP contribution in [0.4, 0.5) is 0 Å². The molecular formula is C21H22N4O2. The molecule has 2 heterocycles. The van der Waals surface area contributed by atoms with Crippen LogP contribution in [0.2, 0.25) is 0 Å². The molecule has 27 heavy (non-hydrogen) atoms. The summed E-state index contributed by atoms with van der Waals surface area (Å²) in [5, 5.41) is 11.8. The van der Waals surface area contributed by atoms with E-state index >= 15 is 0 Å². The Kier molecular flexibility index (Phi) is 4.87. The highest BCUT2D eigenvalue weighted by molar-refractivity contribution is 5.79. The highest BCUT2D eigenvalue weighted by Gasteiger charge is 2.24. The molecule has 6 heteroatoms. The number of amides is 1. The molecule has 0 saturated carbocycles. The molecule has 4 rings (SSSR count). The number of hydrogen-bond acceptors (Lipinski definition) is 4. The quantitative estimate of drug-likeness (QED) is 0.758. The summed E-state index contributed by atoms with van der Waals surface area (Å²) in [6, 6.07) is 17.7. The Bertz CT molecular complexity index is 936. The number of methoxy groups -OCH3 is 1. The van der Waals surface area contributed by atoms with Crippen molar-refractivity contribution >= 4 is 5.91 Å². The van der Waals surface area contributed by atoms with Crippen molar-refractivity contribution in [2.75, 3.05) is 7.11 Å². The van der Waals surface area contributed by atoms with E-state index < -0.39 is 0 Å². The molecule has 0 radical (unpaired) electrons. The minimum atomic E-state index is 0.00212. The fourth-order valence-corrected chi connectivity index (χ4v) is 3.55. The lowest BCUT2D eigenvalue weighted by Crippen LogP contribution is -2.41. The summed E-state index contributed by atoms with van der Waals surface area (Å²) in [6.07, 6.45) is 1.98. The van der Waals surface area contributed by atoms with Gasteiger partial charge in [-0.3, -0.25) is 4.79 Å². The van der Waals surface area contributed by atoms with E-state index in [-0.39, 0.29) is 11.9 Å². The van der Waals surface area contributed by atoms with Crippen LogP contribution in [0.5, 0.6) is 5.75 Å². The highest BCUT2D eigenvalue weighted by Crippen LogP contribution is 2.23. The molecule has 1 atom stereocenters. The van der Waals surface area contributed by atoms with Crippen molar-refractivity contribution in [1.29, 1.82) is 0 Å². The van der Waals surface area contributed by atoms with Crippen LogP contribution in [0.25, 0.3) is 11.4 Å². The summed E-state index contributed by atoms with van der Waals surface area (Å²) >= 11 is 0. The maximum Gasteiger partial charge on any atom is 0.224 e. The van der Waals surface area contributed by atoms with Gasteiger partial charge in [0.15, 0.2) is 5.82 Å². The van der Waals surface area contributed by atoms with Crippen molar-refractivity contribution < 1.29 is 9.53 Å². The highest BCUT2D eigenvalue weighted by atomic mass is 16.5. The summed E-state index contributed by atoms with van der Waals surface area (Å²) in [5.74, 6) is 2.57. The third-order valence-electron chi connectivity index (χ3n) is 4.89. The summed E-state index contributed by atoms with van der Waals surface area (Å²) in [5.41, 5.74) is 1.93. The number of fused-ring (bicyclic) bond motifs is 1. The molecular weight excluding hydrogens is 340 g/mol. The molecule has 1 N–H and O–H groups in total. The third-order valence-corrected chi connectivity index (χ3v) is 4.89. The van der Waals surface area contributed by atoms with Crippen molar-refractivity contribution in [3.05, 3.63) is 66.0 Å². The first-order valence-electron chi connectivity index (χ1n) is 9.13. The van der Waals surface area contributed by atoms with Crippen molar-refractivity contribution in [2.45, 2.75) is 31.8 Å². The zero-order valence-corrected chi connectivity index (χ0v) is 15.3. The maximum absolute atomic E-state index is 12.5. The lowest BCUT2D eigenvalue weighted by atomic mass is 10.1. The van der Waals surface area contributed by atoms with E-state index in [0.717, 1.165) is 41.4 Å². The van der Waals surface area contributed by atoms with Crippen molar-refractivity contribution in [3.63, 3.8) is 0 Å². The number of aryl methyl sites for hydroxylation is 1. The zero-order valence-electron chi connectivity index (χ0n) is 15.3. The van der Waals surface area contributed by atoms with Gasteiger partial charge in [0.05, 0.1) is 13.5 Å². The van der Waals surface area contributed by atoms with Crippen LogP contribution in [0, 0.1) is 0 Å². The van der Waals surface area contributed by atoms with Crippen molar-refractivity contribution in [3.8, 4) is 17.1 Å². The van der Waals surface area contributed by atoms with Crippen molar-refractivity contribution in [2.24, 2.45) is 0 Å². The second-order valence-corrected chi connectivity index (χ2v) is 6.71. The van der Waals surface area contributed by atoms with Gasteiger partial charge in [0.25, 0.3) is 0 Å². The Morgan fingerprint density at radius 1 is 1.15 bits per heavy atom. The molecule has 0 spiro atoms. The molecule has 138 valence electrons. The fourth-order valence-electron chi connectivity index (χ4n) is 3.55. The molecule has 0 fully saturated rings. The zero-order chi connectivity index (χ0) is 18.6. The van der Waals surface area contributed by atoms with E-state index in [1.54, 1.807) is 7.11 Å². The number of nitrogens with one attached hydrogen (secondary N) is 1. The second kappa shape index (κ2) is 7.61. The van der Waals surface area contributed by atoms with Gasteiger partial charge in [-0.1, -0.05) is 48.5 Å². The van der Waals surface area contributed by atoms with Gasteiger partial charge in [-0.2, -0.15) is 0 Å². The van der Waals surface area contributed by atoms with Crippen LogP contribution in [0.1, 0.15) is 17.8 Å². The monoisotopic (exact) mass is 362 g/mol. The minimum absolute atomic E-state index is 0.00212. The molecule has 1 aliphatic heterocycles. The number of hydrogen-bond donors (Lipinski definition) is 1. The smallest absolute Gasteiger partial charge is 0.224 e. The van der Waals surface area contributed by atoms with Gasteiger partial charge in [-0.15, -0.1) is 10.2 Å². The lowest BCUT2D eigenvalue weighted by molar-refractivity contribution is -0.121. The Hall–Kier alpha value is -3.15. The SMILES string of the molecule is COc1ccccc1CC(=O)NC1CCc2nnc(-c3ccccc3)n2C1. The van der Waals surface area contributed by atoms with Gasteiger partial charge in [0.1, 0.15) is 11.6 Å². The topological polar surface area (TPSA) is 69.0 Å². The number of carbonyl (C=O) groups excluding carboxylic acids is 1. The molecule has 1 unspecified atom stereocenters. The van der Waals surface area contributed by atoms with E-state index in [1.165, 1.54) is 0 Å². The number of para-hydroxylation sites is 1. The van der Waals surface area contributed by atoms with Gasteiger partial charge in [-0.05, 0) is 12.5 Å². The van der Waals surface area contributed by atoms with Gasteiger partial charge in [-0.25, -0.2) is 0 Å². The summed E-state index contributed by atoms with van der Waals surface area (Å²) in [6.45, 7) is 0.685. The largest absolute Gasteiger partial charge is 0.496 e. The van der Waals surface area contributed by atoms with E-state index in [2.05, 4.69) is 20.1 Å². The summed E-state index contributed by atoms with van der Waals surface area (Å²) < 4.78 is 7.45. The summed E-state index contributed by atoms with van der Waals surface area (Å²) in [4.78, 5) is 12.5. The molecule has 0 saturated heterocycles. The van der Waals surface area contributed by atoms with Gasteiger partial charge in [0.2, 0.25) is 5.91 Å². The van der Waals surface area contributed by atoms with Gasteiger partial charge in [0, 0.05) is 30.1 Å². The van der Waals surface area contributed by atoms with Crippen LogP contribution in [-0.2, 0) is 24.2 Å². The molecule has 1 amide bonds. The maximum atomic E-state index is 12.5. The average molecular weight is 362 g/mol. The number of aromatic nitrogens is 3. The number of nitrogens with zero attached hydrogens (tertiary/aromatic N) is 3. The predicted molar refractivity (Wildman–Crippen MR) is 102 cm³/mol. The first kappa shape index (κ1) is 17.3. The summed E-state index contributed by atoms with van der Waals surface area (Å²) in [7, 11) is 1.62. The van der Waals surface area contributed by atoms with Crippen LogP contribution in [-0.4, -0.2) is 33.8 Å². The second-order valence-electron chi connectivity index (χ2n) is 6.71. The number of ether oxygens (including phenoxy) is 1. The Morgan fingerprint density at radius 3 is 2.74 bits per heavy atom. The standard InChI is InChI=1S/C21H22N4O2/c1-27-18-10-6-5-9-16(18)13-20(26)22-17-11-12-19-23-24-21(25(19)14-17)15-7-3-2-4-8-15/h2-10,17H,11-14H2,1H3,(H,22,26). The lowest BCUT2D eigenvalue weighted by Gasteiger charge is -2.25. The number of benzene rings is 2. The van der Waals surface area contributed by atoms with E-state index in [0.29, 0.717) is 13.0 Å². The fraction of sp³-hybridized carbons (Fsp3) is 0.286. The Labute approximate surface area is 158 Å². The first-order chi connectivity index (χ1) is 13.2. The third kappa shape index (κ3) is 3.69. The first-order valence-corrected chi connectivity index (χ1v) is 9.13. The van der Waals surface area contributed by atoms with E-state index in [1.807, 2.05) is 54.6 Å². The minimum Gasteiger partial charge on any atom is -0.496 e. The van der Waals surface area contributed by atoms with Crippen molar-refractivity contribution in [1.82, 2.24) is 20.1 Å². The van der Waals surface area contributed by atoms with Crippen LogP contribution >= 0.6 is 0 Å². The van der Waals surface area contributed by atoms with Crippen LogP contribution < -0.4 is 10.1 Å². The molecule has 6 nitrogen and oxygen atoms in total. The van der Waals surface area contributed by atoms with Gasteiger partial charge < -0.3 is 14.6 Å². The molecule has 1 aliphatic rings. The Balaban J connectivity index is 1.45. The molecule has 0 bridgehead atoms. The molecule has 3 aromatic rings. The van der Waals surface area contributed by atoms with E-state index in [9.17, 15) is 4.79 Å². The van der Waals surface area contributed by atoms with Crippen LogP contribution in [0.3, 0.4) is 0 Å². The van der Waals surface area contributed by atoms with E-state index in [4.69, 9.17) is 4.74 Å². The number of carbonyl (C=O) groups is 1. The number of rotatable bonds is 5. The van der Waals surface area contributed by atoms with Crippen LogP contribution in [0.15, 0.2) is 54.6 Å². The van der Waals surface area contributed by atoms with Gasteiger partial charge >= 0.3 is 0 Å². The predicted octanol–water partition coefficient (Wildman–Crippen LogP) is 2.63.